The number of carbonyl (C=O) groups excluding carboxylic acids is 3. The molecule has 3 aliphatic rings. The molecule has 0 bridgehead atoms. The van der Waals surface area contributed by atoms with Gasteiger partial charge in [0.25, 0.3) is 0 Å². The number of carbonyl (C=O) groups is 3. The Bertz CT molecular complexity index is 1140. The van der Waals surface area contributed by atoms with E-state index in [0.717, 1.165) is 37.2 Å². The SMILES string of the molecule is O=C1OC2(CCCN(c3ccccc3CCN3CCC(c4ccc(F)c(F)c4)C3)C2=O)OC1=O. The molecule has 9 heteroatoms. The maximum atomic E-state index is 13.6. The van der Waals surface area contributed by atoms with Gasteiger partial charge in [0, 0.05) is 31.7 Å². The maximum Gasteiger partial charge on any atom is 0.421 e. The first-order valence-corrected chi connectivity index (χ1v) is 11.4. The molecule has 34 heavy (non-hydrogen) atoms. The van der Waals surface area contributed by atoms with Crippen LogP contribution >= 0.6 is 0 Å². The van der Waals surface area contributed by atoms with Crippen LogP contribution < -0.4 is 4.90 Å². The van der Waals surface area contributed by atoms with Crippen LogP contribution in [0.2, 0.25) is 0 Å². The molecule has 1 unspecified atom stereocenters. The van der Waals surface area contributed by atoms with E-state index in [1.165, 1.54) is 17.0 Å². The summed E-state index contributed by atoms with van der Waals surface area (Å²) in [5.74, 6) is -6.24. The molecule has 7 nitrogen and oxygen atoms in total. The largest absolute Gasteiger partial charge is 0.421 e. The van der Waals surface area contributed by atoms with Gasteiger partial charge in [-0.1, -0.05) is 24.3 Å². The van der Waals surface area contributed by atoms with Crippen LogP contribution in [0.15, 0.2) is 42.5 Å². The summed E-state index contributed by atoms with van der Waals surface area (Å²) in [6.07, 6.45) is 2.18. The summed E-state index contributed by atoms with van der Waals surface area (Å²) in [7, 11) is 0. The van der Waals surface area contributed by atoms with E-state index in [4.69, 9.17) is 9.47 Å². The van der Waals surface area contributed by atoms with Gasteiger partial charge >= 0.3 is 23.6 Å². The van der Waals surface area contributed by atoms with Crippen LogP contribution in [-0.4, -0.2) is 54.7 Å². The van der Waals surface area contributed by atoms with E-state index >= 15 is 0 Å². The zero-order chi connectivity index (χ0) is 23.9. The quantitative estimate of drug-likeness (QED) is 0.494. The molecule has 3 fully saturated rings. The fourth-order valence-electron chi connectivity index (χ4n) is 5.05. The summed E-state index contributed by atoms with van der Waals surface area (Å²) < 4.78 is 37.0. The Morgan fingerprint density at radius 3 is 2.50 bits per heavy atom. The summed E-state index contributed by atoms with van der Waals surface area (Å²) in [5, 5.41) is 0. The number of anilines is 1. The van der Waals surface area contributed by atoms with Crippen LogP contribution in [0.25, 0.3) is 0 Å². The first-order valence-electron chi connectivity index (χ1n) is 11.4. The average molecular weight is 470 g/mol. The molecule has 0 radical (unpaired) electrons. The smallest absolute Gasteiger partial charge is 0.405 e. The van der Waals surface area contributed by atoms with Gasteiger partial charge in [-0.25, -0.2) is 18.4 Å². The number of nitrogens with zero attached hydrogens (tertiary/aromatic N) is 2. The fraction of sp³-hybridized carbons (Fsp3) is 0.400. The number of benzene rings is 2. The number of hydrogen-bond donors (Lipinski definition) is 0. The van der Waals surface area contributed by atoms with Gasteiger partial charge < -0.3 is 19.3 Å². The van der Waals surface area contributed by atoms with Gasteiger partial charge in [-0.15, -0.1) is 0 Å². The van der Waals surface area contributed by atoms with E-state index in [0.29, 0.717) is 25.1 Å². The van der Waals surface area contributed by atoms with E-state index in [1.54, 1.807) is 6.07 Å². The lowest BCUT2D eigenvalue weighted by molar-refractivity contribution is -0.192. The van der Waals surface area contributed by atoms with Gasteiger partial charge in [0.05, 0.1) is 0 Å². The van der Waals surface area contributed by atoms with Crippen molar-refractivity contribution in [1.82, 2.24) is 4.90 Å². The first kappa shape index (κ1) is 22.5. The highest BCUT2D eigenvalue weighted by Crippen LogP contribution is 2.36. The van der Waals surface area contributed by atoms with Crippen LogP contribution in [0.4, 0.5) is 14.5 Å². The van der Waals surface area contributed by atoms with Crippen LogP contribution in [-0.2, 0) is 30.3 Å². The minimum Gasteiger partial charge on any atom is -0.405 e. The number of halogens is 2. The Labute approximate surface area is 195 Å². The lowest BCUT2D eigenvalue weighted by Crippen LogP contribution is -2.55. The van der Waals surface area contributed by atoms with Crippen LogP contribution in [0.3, 0.4) is 0 Å². The van der Waals surface area contributed by atoms with Crippen LogP contribution in [0.1, 0.15) is 36.3 Å². The van der Waals surface area contributed by atoms with Crippen molar-refractivity contribution in [2.45, 2.75) is 37.4 Å². The zero-order valence-electron chi connectivity index (χ0n) is 18.5. The molecule has 2 aromatic carbocycles. The predicted octanol–water partition coefficient (Wildman–Crippen LogP) is 2.92. The topological polar surface area (TPSA) is 76.2 Å². The second-order valence-corrected chi connectivity index (χ2v) is 8.93. The summed E-state index contributed by atoms with van der Waals surface area (Å²) in [6.45, 7) is 2.73. The van der Waals surface area contributed by atoms with Crippen molar-refractivity contribution >= 4 is 23.5 Å². The van der Waals surface area contributed by atoms with Gasteiger partial charge in [-0.05, 0) is 61.1 Å². The molecule has 5 rings (SSSR count). The summed E-state index contributed by atoms with van der Waals surface area (Å²) in [5.41, 5.74) is 2.44. The van der Waals surface area contributed by atoms with Gasteiger partial charge in [-0.3, -0.25) is 4.79 Å². The van der Waals surface area contributed by atoms with E-state index in [9.17, 15) is 23.2 Å². The summed E-state index contributed by atoms with van der Waals surface area (Å²) in [6, 6.07) is 11.6. The van der Waals surface area contributed by atoms with Crippen molar-refractivity contribution in [3.63, 3.8) is 0 Å². The molecule has 178 valence electrons. The van der Waals surface area contributed by atoms with Crippen molar-refractivity contribution in [1.29, 1.82) is 0 Å². The third-order valence-corrected chi connectivity index (χ3v) is 6.81. The minimum atomic E-state index is -1.87. The van der Waals surface area contributed by atoms with Crippen molar-refractivity contribution in [2.24, 2.45) is 0 Å². The molecular weight excluding hydrogens is 446 g/mol. The normalized spacial score (nSPS) is 22.4. The van der Waals surface area contributed by atoms with Gasteiger partial charge in [0.15, 0.2) is 11.6 Å². The molecule has 0 saturated carbocycles. The number of esters is 2. The molecule has 0 aliphatic carbocycles. The molecule has 3 aliphatic heterocycles. The number of piperidine rings is 1. The number of rotatable bonds is 5. The second-order valence-electron chi connectivity index (χ2n) is 8.93. The number of para-hydroxylation sites is 1. The summed E-state index contributed by atoms with van der Waals surface area (Å²) >= 11 is 0. The van der Waals surface area contributed by atoms with E-state index in [2.05, 4.69) is 4.90 Å². The first-order chi connectivity index (χ1) is 16.4. The van der Waals surface area contributed by atoms with Crippen LogP contribution in [0, 0.1) is 11.6 Å². The number of hydrogen-bond acceptors (Lipinski definition) is 6. The van der Waals surface area contributed by atoms with E-state index in [-0.39, 0.29) is 12.3 Å². The Hall–Kier alpha value is -3.33. The highest BCUT2D eigenvalue weighted by atomic mass is 19.2. The number of amides is 1. The van der Waals surface area contributed by atoms with Crippen molar-refractivity contribution in [3.05, 3.63) is 65.2 Å². The molecule has 1 spiro atoms. The van der Waals surface area contributed by atoms with Crippen LogP contribution in [0.5, 0.6) is 0 Å². The second kappa shape index (κ2) is 8.79. The standard InChI is InChI=1S/C25H24F2N2O5/c26-19-7-6-17(14-20(19)27)18-9-13-28(15-18)12-8-16-4-1-2-5-21(16)29-11-3-10-25(24(29)32)33-22(30)23(31)34-25/h1-2,4-7,14,18H,3,8-13,15H2. The molecule has 1 atom stereocenters. The van der Waals surface area contributed by atoms with Crippen molar-refractivity contribution in [2.75, 3.05) is 31.1 Å². The minimum absolute atomic E-state index is 0.139. The highest BCUT2D eigenvalue weighted by molar-refractivity contribution is 6.32. The molecule has 2 aromatic rings. The maximum absolute atomic E-state index is 13.6. The number of likely N-dealkylation sites (tertiary alicyclic amines) is 1. The van der Waals surface area contributed by atoms with Crippen molar-refractivity contribution < 1.29 is 32.6 Å². The Balaban J connectivity index is 1.27. The molecule has 1 amide bonds. The summed E-state index contributed by atoms with van der Waals surface area (Å²) in [4.78, 5) is 40.2. The Morgan fingerprint density at radius 1 is 0.971 bits per heavy atom. The Kier molecular flexibility index (Phi) is 5.81. The lowest BCUT2D eigenvalue weighted by Gasteiger charge is -2.36. The van der Waals surface area contributed by atoms with Gasteiger partial charge in [-0.2, -0.15) is 0 Å². The Morgan fingerprint density at radius 2 is 1.74 bits per heavy atom. The molecular formula is C25H24F2N2O5. The zero-order valence-corrected chi connectivity index (χ0v) is 18.5. The molecule has 3 heterocycles. The van der Waals surface area contributed by atoms with Gasteiger partial charge in [0.2, 0.25) is 0 Å². The van der Waals surface area contributed by atoms with E-state index in [1.807, 2.05) is 24.3 Å². The third-order valence-electron chi connectivity index (χ3n) is 6.81. The van der Waals surface area contributed by atoms with Crippen molar-refractivity contribution in [3.8, 4) is 0 Å². The predicted molar refractivity (Wildman–Crippen MR) is 117 cm³/mol. The van der Waals surface area contributed by atoms with Gasteiger partial charge in [0.1, 0.15) is 0 Å². The molecule has 0 aromatic heterocycles. The average Bonchev–Trinajstić information content (AvgIpc) is 3.41. The monoisotopic (exact) mass is 470 g/mol. The fourth-order valence-corrected chi connectivity index (χ4v) is 5.05. The number of ether oxygens (including phenoxy) is 2. The lowest BCUT2D eigenvalue weighted by atomic mass is 9.98. The van der Waals surface area contributed by atoms with E-state index < -0.39 is 35.3 Å². The third kappa shape index (κ3) is 4.04. The molecule has 3 saturated heterocycles. The molecule has 0 N–H and O–H groups in total. The highest BCUT2D eigenvalue weighted by Gasteiger charge is 2.58.